The zero-order valence-electron chi connectivity index (χ0n) is 13.5. The van der Waals surface area contributed by atoms with Crippen LogP contribution in [0.15, 0.2) is 18.2 Å². The van der Waals surface area contributed by atoms with E-state index in [1.54, 1.807) is 18.2 Å². The number of carbonyl (C=O) groups is 1. The Bertz CT molecular complexity index is 539. The van der Waals surface area contributed by atoms with Gasteiger partial charge in [0.05, 0.1) is 24.4 Å². The van der Waals surface area contributed by atoms with Crippen molar-refractivity contribution in [1.29, 1.82) is 5.26 Å². The van der Waals surface area contributed by atoms with E-state index in [0.29, 0.717) is 29.3 Å². The smallest absolute Gasteiger partial charge is 0.224 e. The van der Waals surface area contributed by atoms with E-state index in [1.165, 1.54) is 7.11 Å². The maximum atomic E-state index is 12.1. The molecule has 0 aliphatic rings. The van der Waals surface area contributed by atoms with E-state index in [0.717, 1.165) is 6.42 Å². The second kappa shape index (κ2) is 7.12. The molecule has 0 fully saturated rings. The summed E-state index contributed by atoms with van der Waals surface area (Å²) in [6, 6.07) is 7.03. The summed E-state index contributed by atoms with van der Waals surface area (Å²) in [6.07, 6.45) is 1.46. The van der Waals surface area contributed by atoms with E-state index in [4.69, 9.17) is 10.00 Å². The maximum Gasteiger partial charge on any atom is 0.224 e. The fourth-order valence-electron chi connectivity index (χ4n) is 2.50. The monoisotopic (exact) mass is 288 g/mol. The van der Waals surface area contributed by atoms with Gasteiger partial charge in [0.15, 0.2) is 0 Å². The number of methoxy groups -OCH3 is 1. The van der Waals surface area contributed by atoms with Crippen molar-refractivity contribution in [2.45, 2.75) is 40.5 Å². The summed E-state index contributed by atoms with van der Waals surface area (Å²) in [5.74, 6) is 0.787. The first-order chi connectivity index (χ1) is 9.75. The number of hydrogen-bond donors (Lipinski definition) is 1. The predicted molar refractivity (Wildman–Crippen MR) is 84.2 cm³/mol. The zero-order valence-corrected chi connectivity index (χ0v) is 13.5. The minimum Gasteiger partial charge on any atom is -0.495 e. The number of nitrogens with zero attached hydrogens (tertiary/aromatic N) is 1. The molecule has 0 heterocycles. The standard InChI is InChI=1S/C17H24N2O2/c1-12(10-17(2,3)4)8-16(20)19-14-7-6-13(11-18)9-15(14)21-5/h6-7,9,12H,8,10H2,1-5H3,(H,19,20). The highest BCUT2D eigenvalue weighted by Crippen LogP contribution is 2.28. The van der Waals surface area contributed by atoms with Gasteiger partial charge in [0.25, 0.3) is 0 Å². The number of anilines is 1. The third-order valence-corrected chi connectivity index (χ3v) is 3.10. The first-order valence-electron chi connectivity index (χ1n) is 7.13. The first kappa shape index (κ1) is 17.0. The van der Waals surface area contributed by atoms with Gasteiger partial charge in [-0.15, -0.1) is 0 Å². The van der Waals surface area contributed by atoms with Gasteiger partial charge < -0.3 is 10.1 Å². The lowest BCUT2D eigenvalue weighted by molar-refractivity contribution is -0.117. The molecule has 0 aliphatic carbocycles. The summed E-state index contributed by atoms with van der Waals surface area (Å²) in [5.41, 5.74) is 1.32. The Labute approximate surface area is 127 Å². The Morgan fingerprint density at radius 2 is 2.10 bits per heavy atom. The molecule has 0 spiro atoms. The SMILES string of the molecule is COc1cc(C#N)ccc1NC(=O)CC(C)CC(C)(C)C. The first-order valence-corrected chi connectivity index (χ1v) is 7.13. The Kier molecular flexibility index (Phi) is 5.78. The molecule has 0 saturated carbocycles. The lowest BCUT2D eigenvalue weighted by Crippen LogP contribution is -2.19. The van der Waals surface area contributed by atoms with E-state index in [1.807, 2.05) is 6.07 Å². The van der Waals surface area contributed by atoms with E-state index in [9.17, 15) is 4.79 Å². The van der Waals surface area contributed by atoms with Crippen LogP contribution in [0.4, 0.5) is 5.69 Å². The summed E-state index contributed by atoms with van der Waals surface area (Å²) >= 11 is 0. The lowest BCUT2D eigenvalue weighted by atomic mass is 9.84. The molecular formula is C17H24N2O2. The topological polar surface area (TPSA) is 62.1 Å². The van der Waals surface area contributed by atoms with E-state index < -0.39 is 0 Å². The minimum atomic E-state index is -0.0326. The van der Waals surface area contributed by atoms with Gasteiger partial charge in [0, 0.05) is 12.5 Å². The summed E-state index contributed by atoms with van der Waals surface area (Å²) in [7, 11) is 1.52. The average Bonchev–Trinajstić information content (AvgIpc) is 2.36. The molecule has 1 rings (SSSR count). The number of carbonyl (C=O) groups excluding carboxylic acids is 1. The number of nitriles is 1. The molecule has 1 atom stereocenters. The molecule has 0 bridgehead atoms. The van der Waals surface area contributed by atoms with Crippen molar-refractivity contribution in [2.24, 2.45) is 11.3 Å². The number of amides is 1. The lowest BCUT2D eigenvalue weighted by Gasteiger charge is -2.23. The molecule has 4 heteroatoms. The molecule has 4 nitrogen and oxygen atoms in total. The maximum absolute atomic E-state index is 12.1. The third kappa shape index (κ3) is 5.86. The molecule has 0 aliphatic heterocycles. The van der Waals surface area contributed by atoms with Crippen LogP contribution in [0, 0.1) is 22.7 Å². The van der Waals surface area contributed by atoms with Crippen LogP contribution in [0.3, 0.4) is 0 Å². The van der Waals surface area contributed by atoms with Gasteiger partial charge in [0.1, 0.15) is 5.75 Å². The summed E-state index contributed by atoms with van der Waals surface area (Å²) in [6.45, 7) is 8.60. The molecule has 0 aromatic heterocycles. The van der Waals surface area contributed by atoms with E-state index in [-0.39, 0.29) is 11.3 Å². The van der Waals surface area contributed by atoms with Crippen molar-refractivity contribution >= 4 is 11.6 Å². The van der Waals surface area contributed by atoms with Gasteiger partial charge in [0.2, 0.25) is 5.91 Å². The van der Waals surface area contributed by atoms with Gasteiger partial charge in [-0.1, -0.05) is 27.7 Å². The highest BCUT2D eigenvalue weighted by molar-refractivity contribution is 5.92. The number of hydrogen-bond acceptors (Lipinski definition) is 3. The van der Waals surface area contributed by atoms with Crippen LogP contribution in [-0.4, -0.2) is 13.0 Å². The van der Waals surface area contributed by atoms with Gasteiger partial charge in [-0.25, -0.2) is 0 Å². The molecule has 1 unspecified atom stereocenters. The third-order valence-electron chi connectivity index (χ3n) is 3.10. The zero-order chi connectivity index (χ0) is 16.0. The van der Waals surface area contributed by atoms with Gasteiger partial charge in [-0.3, -0.25) is 4.79 Å². The largest absolute Gasteiger partial charge is 0.495 e. The Morgan fingerprint density at radius 3 is 2.62 bits per heavy atom. The molecule has 21 heavy (non-hydrogen) atoms. The number of ether oxygens (including phenoxy) is 1. The predicted octanol–water partition coefficient (Wildman–Crippen LogP) is 3.97. The van der Waals surface area contributed by atoms with Gasteiger partial charge in [-0.05, 0) is 29.9 Å². The molecular weight excluding hydrogens is 264 g/mol. The van der Waals surface area contributed by atoms with Crippen molar-refractivity contribution in [3.63, 3.8) is 0 Å². The Balaban J connectivity index is 2.69. The molecule has 1 amide bonds. The van der Waals surface area contributed by atoms with E-state index >= 15 is 0 Å². The normalized spacial score (nSPS) is 12.4. The van der Waals surface area contributed by atoms with Crippen molar-refractivity contribution in [3.05, 3.63) is 23.8 Å². The summed E-state index contributed by atoms with van der Waals surface area (Å²) < 4.78 is 5.21. The van der Waals surface area contributed by atoms with Crippen LogP contribution in [0.2, 0.25) is 0 Å². The molecule has 114 valence electrons. The fourth-order valence-corrected chi connectivity index (χ4v) is 2.50. The minimum absolute atomic E-state index is 0.0326. The second-order valence-electron chi connectivity index (χ2n) is 6.65. The molecule has 0 radical (unpaired) electrons. The summed E-state index contributed by atoms with van der Waals surface area (Å²) in [5, 5.41) is 11.7. The highest BCUT2D eigenvalue weighted by atomic mass is 16.5. The van der Waals surface area contributed by atoms with Crippen LogP contribution in [-0.2, 0) is 4.79 Å². The van der Waals surface area contributed by atoms with Crippen molar-refractivity contribution in [1.82, 2.24) is 0 Å². The molecule has 1 N–H and O–H groups in total. The van der Waals surface area contributed by atoms with Crippen LogP contribution in [0.25, 0.3) is 0 Å². The van der Waals surface area contributed by atoms with Gasteiger partial charge >= 0.3 is 0 Å². The summed E-state index contributed by atoms with van der Waals surface area (Å²) in [4.78, 5) is 12.1. The molecule has 1 aromatic rings. The Hall–Kier alpha value is -2.02. The van der Waals surface area contributed by atoms with Crippen LogP contribution >= 0.6 is 0 Å². The van der Waals surface area contributed by atoms with Crippen molar-refractivity contribution in [3.8, 4) is 11.8 Å². The molecule has 1 aromatic carbocycles. The quantitative estimate of drug-likeness (QED) is 0.891. The molecule has 0 saturated heterocycles. The van der Waals surface area contributed by atoms with Crippen LogP contribution < -0.4 is 10.1 Å². The number of benzene rings is 1. The average molecular weight is 288 g/mol. The van der Waals surface area contributed by atoms with Crippen molar-refractivity contribution < 1.29 is 9.53 Å². The fraction of sp³-hybridized carbons (Fsp3) is 0.529. The van der Waals surface area contributed by atoms with Gasteiger partial charge in [-0.2, -0.15) is 5.26 Å². The number of rotatable bonds is 5. The number of nitrogens with one attached hydrogen (secondary N) is 1. The highest BCUT2D eigenvalue weighted by Gasteiger charge is 2.18. The van der Waals surface area contributed by atoms with E-state index in [2.05, 4.69) is 33.0 Å². The van der Waals surface area contributed by atoms with Crippen LogP contribution in [0.1, 0.15) is 46.1 Å². The Morgan fingerprint density at radius 1 is 1.43 bits per heavy atom. The second-order valence-corrected chi connectivity index (χ2v) is 6.65. The van der Waals surface area contributed by atoms with Crippen LogP contribution in [0.5, 0.6) is 5.75 Å². The van der Waals surface area contributed by atoms with Crippen molar-refractivity contribution in [2.75, 3.05) is 12.4 Å².